The lowest BCUT2D eigenvalue weighted by atomic mass is 10.1. The lowest BCUT2D eigenvalue weighted by Crippen LogP contribution is -2.15. The predicted molar refractivity (Wildman–Crippen MR) is 112 cm³/mol. The molecule has 0 atom stereocenters. The van der Waals surface area contributed by atoms with E-state index in [9.17, 15) is 19.2 Å². The molecule has 3 aromatic carbocycles. The van der Waals surface area contributed by atoms with Crippen molar-refractivity contribution in [3.8, 4) is 0 Å². The number of anilines is 2. The highest BCUT2D eigenvalue weighted by atomic mass is 16.2. The van der Waals surface area contributed by atoms with E-state index in [4.69, 9.17) is 11.5 Å². The van der Waals surface area contributed by atoms with Gasteiger partial charge in [0.25, 0.3) is 11.8 Å². The van der Waals surface area contributed by atoms with Crippen LogP contribution in [0, 0.1) is 0 Å². The molecule has 8 nitrogen and oxygen atoms in total. The van der Waals surface area contributed by atoms with Gasteiger partial charge in [0.2, 0.25) is 11.8 Å². The minimum atomic E-state index is -0.550. The molecule has 0 aliphatic carbocycles. The van der Waals surface area contributed by atoms with E-state index in [0.717, 1.165) is 0 Å². The van der Waals surface area contributed by atoms with Crippen molar-refractivity contribution in [3.63, 3.8) is 0 Å². The van der Waals surface area contributed by atoms with Gasteiger partial charge in [-0.25, -0.2) is 0 Å². The van der Waals surface area contributed by atoms with E-state index in [0.29, 0.717) is 33.6 Å². The molecular weight excluding hydrogens is 384 g/mol. The molecule has 0 spiro atoms. The maximum Gasteiger partial charge on any atom is 0.255 e. The number of benzene rings is 3. The van der Waals surface area contributed by atoms with Crippen LogP contribution >= 0.6 is 0 Å². The first-order valence-corrected chi connectivity index (χ1v) is 8.86. The Morgan fingerprint density at radius 2 is 0.733 bits per heavy atom. The van der Waals surface area contributed by atoms with E-state index < -0.39 is 11.8 Å². The maximum absolute atomic E-state index is 12.4. The lowest BCUT2D eigenvalue weighted by Gasteiger charge is -2.08. The van der Waals surface area contributed by atoms with Gasteiger partial charge in [0, 0.05) is 33.6 Å². The van der Waals surface area contributed by atoms with Crippen LogP contribution in [0.3, 0.4) is 0 Å². The van der Waals surface area contributed by atoms with Gasteiger partial charge in [0.05, 0.1) is 0 Å². The van der Waals surface area contributed by atoms with Crippen molar-refractivity contribution in [1.29, 1.82) is 0 Å². The normalized spacial score (nSPS) is 10.1. The van der Waals surface area contributed by atoms with Crippen molar-refractivity contribution in [2.75, 3.05) is 10.6 Å². The summed E-state index contributed by atoms with van der Waals surface area (Å²) in [6.45, 7) is 0. The topological polar surface area (TPSA) is 144 Å². The quantitative estimate of drug-likeness (QED) is 0.502. The van der Waals surface area contributed by atoms with Crippen LogP contribution in [0.4, 0.5) is 11.4 Å². The highest BCUT2D eigenvalue weighted by Gasteiger charge is 2.10. The lowest BCUT2D eigenvalue weighted by molar-refractivity contribution is 0.0992. The largest absolute Gasteiger partial charge is 0.366 e. The molecule has 0 saturated carbocycles. The summed E-state index contributed by atoms with van der Waals surface area (Å²) in [6, 6.07) is 18.5. The number of carbonyl (C=O) groups is 4. The standard InChI is InChI=1S/C22H18N4O4/c23-19(27)13-5-9-17(10-6-13)25-21(29)15-1-2-16(4-3-15)22(30)26-18-11-7-14(8-12-18)20(24)28/h1-12H,(H2,23,27)(H2,24,28)(H,25,29)(H,26,30). The van der Waals surface area contributed by atoms with Crippen molar-refractivity contribution in [2.45, 2.75) is 0 Å². The molecule has 0 aromatic heterocycles. The summed E-state index contributed by atoms with van der Waals surface area (Å²) in [7, 11) is 0. The summed E-state index contributed by atoms with van der Waals surface area (Å²) in [5.74, 6) is -1.83. The zero-order valence-corrected chi connectivity index (χ0v) is 15.7. The molecule has 3 rings (SSSR count). The van der Waals surface area contributed by atoms with Crippen LogP contribution < -0.4 is 22.1 Å². The number of amides is 4. The number of nitrogens with two attached hydrogens (primary N) is 2. The number of nitrogens with one attached hydrogen (secondary N) is 2. The molecule has 0 unspecified atom stereocenters. The number of hydrogen-bond acceptors (Lipinski definition) is 4. The molecule has 0 fully saturated rings. The van der Waals surface area contributed by atoms with Gasteiger partial charge < -0.3 is 22.1 Å². The summed E-state index contributed by atoms with van der Waals surface area (Å²) < 4.78 is 0. The Balaban J connectivity index is 1.63. The summed E-state index contributed by atoms with van der Waals surface area (Å²) in [6.07, 6.45) is 0. The second kappa shape index (κ2) is 8.70. The zero-order chi connectivity index (χ0) is 21.7. The molecule has 30 heavy (non-hydrogen) atoms. The van der Waals surface area contributed by atoms with Crippen molar-refractivity contribution < 1.29 is 19.2 Å². The van der Waals surface area contributed by atoms with Crippen LogP contribution in [0.15, 0.2) is 72.8 Å². The van der Waals surface area contributed by atoms with Gasteiger partial charge in [0.1, 0.15) is 0 Å². The van der Waals surface area contributed by atoms with E-state index in [1.165, 1.54) is 48.5 Å². The molecule has 0 radical (unpaired) electrons. The minimum absolute atomic E-state index is 0.340. The third-order valence-corrected chi connectivity index (χ3v) is 4.26. The van der Waals surface area contributed by atoms with Crippen LogP contribution in [-0.2, 0) is 0 Å². The Morgan fingerprint density at radius 1 is 0.467 bits per heavy atom. The second-order valence-electron chi connectivity index (χ2n) is 6.37. The summed E-state index contributed by atoms with van der Waals surface area (Å²) in [4.78, 5) is 46.9. The average Bonchev–Trinajstić information content (AvgIpc) is 2.74. The van der Waals surface area contributed by atoms with E-state index in [1.807, 2.05) is 0 Å². The van der Waals surface area contributed by atoms with Gasteiger partial charge in [-0.1, -0.05) is 0 Å². The third-order valence-electron chi connectivity index (χ3n) is 4.26. The Kier molecular flexibility index (Phi) is 5.88. The SMILES string of the molecule is NC(=O)c1ccc(NC(=O)c2ccc(C(=O)Nc3ccc(C(N)=O)cc3)cc2)cc1. The first-order valence-electron chi connectivity index (χ1n) is 8.86. The van der Waals surface area contributed by atoms with Gasteiger partial charge in [-0.2, -0.15) is 0 Å². The van der Waals surface area contributed by atoms with Crippen molar-refractivity contribution >= 4 is 35.0 Å². The van der Waals surface area contributed by atoms with Gasteiger partial charge in [-0.05, 0) is 72.8 Å². The van der Waals surface area contributed by atoms with Gasteiger partial charge in [-0.3, -0.25) is 19.2 Å². The molecule has 0 aliphatic heterocycles. The van der Waals surface area contributed by atoms with Crippen molar-refractivity contribution in [1.82, 2.24) is 0 Å². The molecule has 150 valence electrons. The smallest absolute Gasteiger partial charge is 0.255 e. The predicted octanol–water partition coefficient (Wildman–Crippen LogP) is 2.39. The first-order chi connectivity index (χ1) is 14.3. The van der Waals surface area contributed by atoms with Crippen LogP contribution in [-0.4, -0.2) is 23.6 Å². The Morgan fingerprint density at radius 3 is 1.00 bits per heavy atom. The molecule has 6 N–H and O–H groups in total. The Labute approximate surface area is 171 Å². The summed E-state index contributed by atoms with van der Waals surface area (Å²) in [5.41, 5.74) is 12.8. The Bertz CT molecular complexity index is 1010. The molecule has 0 bridgehead atoms. The highest BCUT2D eigenvalue weighted by molar-refractivity contribution is 6.07. The molecule has 4 amide bonds. The molecule has 3 aromatic rings. The number of carbonyl (C=O) groups excluding carboxylic acids is 4. The fourth-order valence-corrected chi connectivity index (χ4v) is 2.62. The van der Waals surface area contributed by atoms with Crippen LogP contribution in [0.1, 0.15) is 41.4 Å². The molecule has 0 saturated heterocycles. The van der Waals surface area contributed by atoms with Crippen LogP contribution in [0.25, 0.3) is 0 Å². The minimum Gasteiger partial charge on any atom is -0.366 e. The number of hydrogen-bond donors (Lipinski definition) is 4. The van der Waals surface area contributed by atoms with Crippen LogP contribution in [0.2, 0.25) is 0 Å². The van der Waals surface area contributed by atoms with Gasteiger partial charge in [-0.15, -0.1) is 0 Å². The van der Waals surface area contributed by atoms with Gasteiger partial charge >= 0.3 is 0 Å². The van der Waals surface area contributed by atoms with E-state index in [2.05, 4.69) is 10.6 Å². The van der Waals surface area contributed by atoms with E-state index >= 15 is 0 Å². The summed E-state index contributed by atoms with van der Waals surface area (Å²) in [5, 5.41) is 5.40. The van der Waals surface area contributed by atoms with Crippen molar-refractivity contribution in [2.24, 2.45) is 11.5 Å². The second-order valence-corrected chi connectivity index (χ2v) is 6.37. The monoisotopic (exact) mass is 402 g/mol. The van der Waals surface area contributed by atoms with Crippen molar-refractivity contribution in [3.05, 3.63) is 95.1 Å². The van der Waals surface area contributed by atoms with Crippen LogP contribution in [0.5, 0.6) is 0 Å². The Hall–Kier alpha value is -4.46. The molecule has 0 heterocycles. The molecule has 8 heteroatoms. The first kappa shape index (κ1) is 20.3. The molecule has 0 aliphatic rings. The van der Waals surface area contributed by atoms with Gasteiger partial charge in [0.15, 0.2) is 0 Å². The third kappa shape index (κ3) is 4.87. The fraction of sp³-hybridized carbons (Fsp3) is 0. The van der Waals surface area contributed by atoms with E-state index in [-0.39, 0.29) is 11.8 Å². The average molecular weight is 402 g/mol. The zero-order valence-electron chi connectivity index (χ0n) is 15.7. The highest BCUT2D eigenvalue weighted by Crippen LogP contribution is 2.14. The fourth-order valence-electron chi connectivity index (χ4n) is 2.62. The molecular formula is C22H18N4O4. The number of rotatable bonds is 6. The number of primary amides is 2. The maximum atomic E-state index is 12.4. The summed E-state index contributed by atoms with van der Waals surface area (Å²) >= 11 is 0. The van der Waals surface area contributed by atoms with E-state index in [1.54, 1.807) is 24.3 Å².